The van der Waals surface area contributed by atoms with E-state index in [1.54, 1.807) is 29.6 Å². The molecule has 0 aliphatic carbocycles. The largest absolute Gasteiger partial charge is 0.416 e. The number of sulfonamides is 1. The van der Waals surface area contributed by atoms with Crippen molar-refractivity contribution < 1.29 is 26.9 Å². The summed E-state index contributed by atoms with van der Waals surface area (Å²) in [6, 6.07) is 13.7. The Labute approximate surface area is 221 Å². The number of hydrogen-bond acceptors (Lipinski definition) is 6. The summed E-state index contributed by atoms with van der Waals surface area (Å²) in [4.78, 5) is 4.00. The number of halogens is 3. The molecule has 5 N–H and O–H groups in total. The van der Waals surface area contributed by atoms with E-state index in [4.69, 9.17) is 5.41 Å². The Kier molecular flexibility index (Phi) is 7.05. The SMILES string of the molecule is N=C/C=C(\[NH2+]C1CNC1)c1cc(C(F)(F)F)ccc1-c1cccc2cc(S(=O)(=O)Nc3nccs3)ccc12. The lowest BCUT2D eigenvalue weighted by atomic mass is 9.91. The fraction of sp³-hybridized carbons (Fsp3) is 0.154. The van der Waals surface area contributed by atoms with Crippen molar-refractivity contribution in [3.05, 3.63) is 83.4 Å². The number of hydrogen-bond donors (Lipinski definition) is 4. The first kappa shape index (κ1) is 26.0. The standard InChI is InChI=1S/C26H22F3N5O2S2/c27-26(28,29)17-4-6-22(23(13-17)24(8-9-30)33-18-14-31-15-18)21-3-1-2-16-12-19(5-7-20(16)21)38(35,36)34-25-32-10-11-37-25/h1-13,18,30-31,33H,14-15H2,(H,32,34)/p+1/b24-8-,30-9?. The highest BCUT2D eigenvalue weighted by Gasteiger charge is 2.33. The molecule has 0 amide bonds. The molecular weight excluding hydrogens is 535 g/mol. The van der Waals surface area contributed by atoms with Crippen molar-refractivity contribution in [2.24, 2.45) is 0 Å². The van der Waals surface area contributed by atoms with E-state index in [0.717, 1.165) is 29.7 Å². The van der Waals surface area contributed by atoms with Crippen molar-refractivity contribution in [1.29, 1.82) is 5.41 Å². The van der Waals surface area contributed by atoms with Crippen LogP contribution in [0.5, 0.6) is 0 Å². The van der Waals surface area contributed by atoms with Crippen LogP contribution in [-0.4, -0.2) is 38.7 Å². The second-order valence-electron chi connectivity index (χ2n) is 8.76. The van der Waals surface area contributed by atoms with Crippen LogP contribution in [0.2, 0.25) is 0 Å². The van der Waals surface area contributed by atoms with Gasteiger partial charge in [0.25, 0.3) is 10.0 Å². The lowest BCUT2D eigenvalue weighted by Crippen LogP contribution is -2.94. The van der Waals surface area contributed by atoms with Crippen LogP contribution in [0.15, 0.2) is 77.1 Å². The number of benzene rings is 3. The number of anilines is 1. The minimum absolute atomic E-state index is 0.0419. The monoisotopic (exact) mass is 558 g/mol. The molecule has 0 bridgehead atoms. The number of nitrogens with two attached hydrogens (primary N) is 1. The molecule has 38 heavy (non-hydrogen) atoms. The van der Waals surface area contributed by atoms with Crippen molar-refractivity contribution in [1.82, 2.24) is 10.3 Å². The molecular formula is C26H23F3N5O2S2+. The molecule has 0 unspecified atom stereocenters. The highest BCUT2D eigenvalue weighted by atomic mass is 32.2. The Morgan fingerprint density at radius 3 is 2.61 bits per heavy atom. The predicted octanol–water partition coefficient (Wildman–Crippen LogP) is 4.31. The van der Waals surface area contributed by atoms with Crippen LogP contribution in [0.25, 0.3) is 27.6 Å². The Hall–Kier alpha value is -3.58. The zero-order chi connectivity index (χ0) is 26.9. The van der Waals surface area contributed by atoms with Gasteiger partial charge in [-0.05, 0) is 46.2 Å². The summed E-state index contributed by atoms with van der Waals surface area (Å²) in [5, 5.41) is 15.8. The molecule has 0 saturated carbocycles. The van der Waals surface area contributed by atoms with E-state index in [2.05, 4.69) is 15.0 Å². The fourth-order valence-corrected chi connectivity index (χ4v) is 6.14. The lowest BCUT2D eigenvalue weighted by Gasteiger charge is -2.26. The van der Waals surface area contributed by atoms with Gasteiger partial charge in [0.05, 0.1) is 10.5 Å². The molecule has 1 aliphatic heterocycles. The van der Waals surface area contributed by atoms with Crippen molar-refractivity contribution in [3.63, 3.8) is 0 Å². The number of fused-ring (bicyclic) bond motifs is 1. The minimum Gasteiger partial charge on any atom is -0.309 e. The van der Waals surface area contributed by atoms with Gasteiger partial charge in [0.15, 0.2) is 5.13 Å². The van der Waals surface area contributed by atoms with Crippen LogP contribution in [-0.2, 0) is 16.2 Å². The van der Waals surface area contributed by atoms with Crippen molar-refractivity contribution in [3.8, 4) is 11.1 Å². The number of aromatic nitrogens is 1. The topological polar surface area (TPSA) is 112 Å². The molecule has 1 aliphatic rings. The van der Waals surface area contributed by atoms with Crippen LogP contribution in [0.4, 0.5) is 18.3 Å². The summed E-state index contributed by atoms with van der Waals surface area (Å²) in [6.45, 7) is 1.42. The lowest BCUT2D eigenvalue weighted by molar-refractivity contribution is -0.608. The first-order chi connectivity index (χ1) is 18.2. The summed E-state index contributed by atoms with van der Waals surface area (Å²) < 4.78 is 69.3. The number of nitrogens with zero attached hydrogens (tertiary/aromatic N) is 1. The second kappa shape index (κ2) is 10.3. The minimum atomic E-state index is -4.53. The van der Waals surface area contributed by atoms with E-state index < -0.39 is 21.8 Å². The number of alkyl halides is 3. The van der Waals surface area contributed by atoms with E-state index >= 15 is 0 Å². The van der Waals surface area contributed by atoms with Crippen LogP contribution < -0.4 is 15.4 Å². The normalized spacial score (nSPS) is 14.9. The molecule has 1 saturated heterocycles. The number of quaternary nitrogens is 1. The predicted molar refractivity (Wildman–Crippen MR) is 143 cm³/mol. The van der Waals surface area contributed by atoms with Crippen LogP contribution in [0.1, 0.15) is 11.1 Å². The van der Waals surface area contributed by atoms with E-state index in [1.807, 2.05) is 5.32 Å². The van der Waals surface area contributed by atoms with E-state index in [-0.39, 0.29) is 16.1 Å². The summed E-state index contributed by atoms with van der Waals surface area (Å²) in [7, 11) is -3.89. The maximum Gasteiger partial charge on any atom is 0.416 e. The molecule has 2 heterocycles. The third-order valence-electron chi connectivity index (χ3n) is 6.26. The Morgan fingerprint density at radius 2 is 1.95 bits per heavy atom. The quantitative estimate of drug-likeness (QED) is 0.242. The molecule has 0 atom stereocenters. The molecule has 1 fully saturated rings. The third-order valence-corrected chi connectivity index (χ3v) is 8.41. The number of rotatable bonds is 8. The van der Waals surface area contributed by atoms with E-state index in [0.29, 0.717) is 46.2 Å². The van der Waals surface area contributed by atoms with Gasteiger partial charge < -0.3 is 16.0 Å². The summed E-state index contributed by atoms with van der Waals surface area (Å²) in [5.74, 6) is 0. The first-order valence-corrected chi connectivity index (χ1v) is 14.0. The number of allylic oxidation sites excluding steroid dienone is 1. The summed E-state index contributed by atoms with van der Waals surface area (Å²) in [6.07, 6.45) is -0.473. The van der Waals surface area contributed by atoms with E-state index in [1.165, 1.54) is 30.5 Å². The zero-order valence-corrected chi connectivity index (χ0v) is 21.4. The van der Waals surface area contributed by atoms with Crippen molar-refractivity contribution in [2.45, 2.75) is 17.1 Å². The molecule has 1 aromatic heterocycles. The first-order valence-electron chi connectivity index (χ1n) is 11.6. The Morgan fingerprint density at radius 1 is 1.13 bits per heavy atom. The van der Waals surface area contributed by atoms with Gasteiger partial charge in [-0.25, -0.2) is 13.4 Å². The Bertz CT molecular complexity index is 1630. The molecule has 196 valence electrons. The molecule has 7 nitrogen and oxygen atoms in total. The molecule has 5 rings (SSSR count). The second-order valence-corrected chi connectivity index (χ2v) is 11.3. The fourth-order valence-electron chi connectivity index (χ4n) is 4.31. The third kappa shape index (κ3) is 5.34. The highest BCUT2D eigenvalue weighted by molar-refractivity contribution is 7.93. The summed E-state index contributed by atoms with van der Waals surface area (Å²) in [5.41, 5.74) is 1.30. The molecule has 12 heteroatoms. The van der Waals surface area contributed by atoms with Crippen LogP contribution in [0, 0.1) is 5.41 Å². The van der Waals surface area contributed by atoms with Crippen LogP contribution >= 0.6 is 11.3 Å². The molecule has 0 spiro atoms. The van der Waals surface area contributed by atoms with E-state index in [9.17, 15) is 21.6 Å². The van der Waals surface area contributed by atoms with Gasteiger partial charge in [-0.15, -0.1) is 11.3 Å². The summed E-state index contributed by atoms with van der Waals surface area (Å²) >= 11 is 1.16. The average molecular weight is 559 g/mol. The smallest absolute Gasteiger partial charge is 0.309 e. The molecule has 4 aromatic rings. The highest BCUT2D eigenvalue weighted by Crippen LogP contribution is 2.38. The van der Waals surface area contributed by atoms with Gasteiger partial charge in [-0.3, -0.25) is 4.72 Å². The molecule has 0 radical (unpaired) electrons. The average Bonchev–Trinajstić information content (AvgIpc) is 3.36. The van der Waals surface area contributed by atoms with Gasteiger partial charge in [-0.1, -0.05) is 30.3 Å². The number of thiazole rings is 1. The maximum absolute atomic E-state index is 13.7. The van der Waals surface area contributed by atoms with Gasteiger partial charge >= 0.3 is 6.18 Å². The Balaban J connectivity index is 1.63. The zero-order valence-electron chi connectivity index (χ0n) is 19.8. The molecule has 3 aromatic carbocycles. The van der Waals surface area contributed by atoms with Crippen molar-refractivity contribution >= 4 is 49.2 Å². The van der Waals surface area contributed by atoms with Gasteiger partial charge in [0.1, 0.15) is 11.7 Å². The maximum atomic E-state index is 13.7. The van der Waals surface area contributed by atoms with Gasteiger partial charge in [0.2, 0.25) is 0 Å². The van der Waals surface area contributed by atoms with Crippen LogP contribution in [0.3, 0.4) is 0 Å². The van der Waals surface area contributed by atoms with Gasteiger partial charge in [-0.2, -0.15) is 13.2 Å². The van der Waals surface area contributed by atoms with Crippen molar-refractivity contribution in [2.75, 3.05) is 17.8 Å². The number of nitrogens with one attached hydrogen (secondary N) is 3. The van der Waals surface area contributed by atoms with Gasteiger partial charge in [0, 0.05) is 42.5 Å².